The monoisotopic (exact) mass is 879 g/mol. The molecule has 0 aromatic carbocycles. The minimum absolute atomic E-state index is 0.0985. The number of hydrogen-bond acceptors (Lipinski definition) is 6. The molecule has 0 saturated carbocycles. The fraction of sp³-hybridized carbons (Fsp3) is 0.737. The van der Waals surface area contributed by atoms with E-state index in [9.17, 15) is 14.4 Å². The van der Waals surface area contributed by atoms with Crippen molar-refractivity contribution in [2.24, 2.45) is 0 Å². The van der Waals surface area contributed by atoms with Gasteiger partial charge in [-0.25, -0.2) is 0 Å². The molecular weight excluding hydrogens is 781 g/mol. The summed E-state index contributed by atoms with van der Waals surface area (Å²) < 4.78 is 16.7. The number of ether oxygens (including phenoxy) is 3. The number of carbonyl (C=O) groups is 3. The highest BCUT2D eigenvalue weighted by Crippen LogP contribution is 2.14. The molecule has 63 heavy (non-hydrogen) atoms. The predicted molar refractivity (Wildman–Crippen MR) is 270 cm³/mol. The van der Waals surface area contributed by atoms with Crippen LogP contribution in [-0.2, 0) is 28.6 Å². The number of esters is 3. The maximum Gasteiger partial charge on any atom is 0.306 e. The molecule has 0 radical (unpaired) electrons. The lowest BCUT2D eigenvalue weighted by Crippen LogP contribution is -2.30. The van der Waals surface area contributed by atoms with Crippen LogP contribution in [0, 0.1) is 0 Å². The Morgan fingerprint density at radius 2 is 0.603 bits per heavy atom. The molecule has 0 aliphatic carbocycles. The van der Waals surface area contributed by atoms with Gasteiger partial charge in [-0.2, -0.15) is 0 Å². The van der Waals surface area contributed by atoms with Gasteiger partial charge in [-0.05, 0) is 103 Å². The van der Waals surface area contributed by atoms with E-state index in [0.29, 0.717) is 19.3 Å². The first-order chi connectivity index (χ1) is 31.0. The van der Waals surface area contributed by atoms with Gasteiger partial charge in [-0.3, -0.25) is 14.4 Å². The molecule has 0 fully saturated rings. The normalized spacial score (nSPS) is 12.6. The Bertz CT molecular complexity index is 1190. The van der Waals surface area contributed by atoms with Crippen LogP contribution in [0.5, 0.6) is 0 Å². The number of hydrogen-bond donors (Lipinski definition) is 0. The van der Waals surface area contributed by atoms with Crippen LogP contribution in [0.15, 0.2) is 72.9 Å². The van der Waals surface area contributed by atoms with Crippen molar-refractivity contribution in [3.05, 3.63) is 72.9 Å². The van der Waals surface area contributed by atoms with E-state index in [1.165, 1.54) is 128 Å². The third kappa shape index (κ3) is 49.7. The second kappa shape index (κ2) is 51.5. The second-order valence-electron chi connectivity index (χ2n) is 17.4. The van der Waals surface area contributed by atoms with Gasteiger partial charge in [0.25, 0.3) is 0 Å². The largest absolute Gasteiger partial charge is 0.462 e. The van der Waals surface area contributed by atoms with E-state index in [0.717, 1.165) is 77.0 Å². The molecule has 0 aliphatic rings. The van der Waals surface area contributed by atoms with Gasteiger partial charge in [-0.15, -0.1) is 0 Å². The van der Waals surface area contributed by atoms with E-state index < -0.39 is 6.10 Å². The highest BCUT2D eigenvalue weighted by molar-refractivity contribution is 5.71. The van der Waals surface area contributed by atoms with E-state index in [-0.39, 0.29) is 37.5 Å². The molecule has 0 rings (SSSR count). The van der Waals surface area contributed by atoms with E-state index in [4.69, 9.17) is 14.2 Å². The SMILES string of the molecule is CCCC/C=C\CCCCCCCC(=O)OC[C@@H](COC(=O)CCC/C=C\C/C=C\C/C=C\C/C=C\CCCCC)OC(=O)CCCCCCCCC/C=C\CCCCCCCC. The first-order valence-electron chi connectivity index (χ1n) is 26.4. The zero-order valence-electron chi connectivity index (χ0n) is 41.3. The fourth-order valence-corrected chi connectivity index (χ4v) is 7.12. The molecule has 0 heterocycles. The molecule has 0 aromatic heterocycles. The van der Waals surface area contributed by atoms with Crippen molar-refractivity contribution in [2.45, 2.75) is 258 Å². The van der Waals surface area contributed by atoms with Gasteiger partial charge >= 0.3 is 17.9 Å². The van der Waals surface area contributed by atoms with Crippen molar-refractivity contribution in [1.82, 2.24) is 0 Å². The Hall–Kier alpha value is -3.15. The summed E-state index contributed by atoms with van der Waals surface area (Å²) >= 11 is 0. The van der Waals surface area contributed by atoms with Gasteiger partial charge in [0.05, 0.1) is 0 Å². The molecule has 6 nitrogen and oxygen atoms in total. The summed E-state index contributed by atoms with van der Waals surface area (Å²) in [5, 5.41) is 0. The first-order valence-corrected chi connectivity index (χ1v) is 26.4. The Morgan fingerprint density at radius 3 is 1.05 bits per heavy atom. The van der Waals surface area contributed by atoms with Crippen molar-refractivity contribution < 1.29 is 28.6 Å². The average Bonchev–Trinajstić information content (AvgIpc) is 3.28. The van der Waals surface area contributed by atoms with Crippen molar-refractivity contribution in [2.75, 3.05) is 13.2 Å². The van der Waals surface area contributed by atoms with Crippen LogP contribution < -0.4 is 0 Å². The molecule has 0 bridgehead atoms. The summed E-state index contributed by atoms with van der Waals surface area (Å²) in [6.45, 7) is 6.51. The molecule has 0 aliphatic heterocycles. The number of rotatable bonds is 47. The van der Waals surface area contributed by atoms with Crippen molar-refractivity contribution in [3.63, 3.8) is 0 Å². The van der Waals surface area contributed by atoms with Crippen LogP contribution in [0.2, 0.25) is 0 Å². The minimum Gasteiger partial charge on any atom is -0.462 e. The summed E-state index contributed by atoms with van der Waals surface area (Å²) in [4.78, 5) is 37.9. The van der Waals surface area contributed by atoms with E-state index in [2.05, 4.69) is 93.7 Å². The van der Waals surface area contributed by atoms with Crippen molar-refractivity contribution in [1.29, 1.82) is 0 Å². The molecule has 0 amide bonds. The maximum atomic E-state index is 12.8. The summed E-state index contributed by atoms with van der Waals surface area (Å²) in [5.41, 5.74) is 0. The topological polar surface area (TPSA) is 78.9 Å². The molecular formula is C57H98O6. The summed E-state index contributed by atoms with van der Waals surface area (Å²) in [7, 11) is 0. The Balaban J connectivity index is 4.46. The summed E-state index contributed by atoms with van der Waals surface area (Å²) in [6, 6.07) is 0. The van der Waals surface area contributed by atoms with E-state index in [1.54, 1.807) is 0 Å². The Labute approximate surface area is 389 Å². The van der Waals surface area contributed by atoms with Gasteiger partial charge in [0.1, 0.15) is 13.2 Å². The molecule has 362 valence electrons. The zero-order chi connectivity index (χ0) is 45.8. The summed E-state index contributed by atoms with van der Waals surface area (Å²) in [5.74, 6) is -0.969. The highest BCUT2D eigenvalue weighted by atomic mass is 16.6. The molecule has 0 N–H and O–H groups in total. The zero-order valence-corrected chi connectivity index (χ0v) is 41.3. The van der Waals surface area contributed by atoms with Gasteiger partial charge in [0.2, 0.25) is 0 Å². The number of allylic oxidation sites excluding steroid dienone is 12. The second-order valence-corrected chi connectivity index (χ2v) is 17.4. The number of carbonyl (C=O) groups excluding carboxylic acids is 3. The van der Waals surface area contributed by atoms with Gasteiger partial charge in [-0.1, -0.05) is 203 Å². The first kappa shape index (κ1) is 59.9. The predicted octanol–water partition coefficient (Wildman–Crippen LogP) is 17.4. The van der Waals surface area contributed by atoms with Crippen LogP contribution in [0.4, 0.5) is 0 Å². The lowest BCUT2D eigenvalue weighted by molar-refractivity contribution is -0.167. The van der Waals surface area contributed by atoms with Crippen molar-refractivity contribution >= 4 is 17.9 Å². The van der Waals surface area contributed by atoms with Crippen LogP contribution in [0.25, 0.3) is 0 Å². The summed E-state index contributed by atoms with van der Waals surface area (Å²) in [6.07, 6.45) is 64.6. The molecule has 6 heteroatoms. The van der Waals surface area contributed by atoms with Gasteiger partial charge in [0, 0.05) is 19.3 Å². The Kier molecular flexibility index (Phi) is 48.9. The lowest BCUT2D eigenvalue weighted by atomic mass is 10.1. The third-order valence-corrected chi connectivity index (χ3v) is 11.2. The van der Waals surface area contributed by atoms with Crippen LogP contribution in [0.1, 0.15) is 252 Å². The smallest absolute Gasteiger partial charge is 0.306 e. The van der Waals surface area contributed by atoms with Crippen molar-refractivity contribution in [3.8, 4) is 0 Å². The average molecular weight is 879 g/mol. The number of unbranched alkanes of at least 4 members (excludes halogenated alkanes) is 24. The van der Waals surface area contributed by atoms with E-state index >= 15 is 0 Å². The van der Waals surface area contributed by atoms with Gasteiger partial charge in [0.15, 0.2) is 6.10 Å². The lowest BCUT2D eigenvalue weighted by Gasteiger charge is -2.18. The van der Waals surface area contributed by atoms with Crippen LogP contribution >= 0.6 is 0 Å². The molecule has 0 aromatic rings. The minimum atomic E-state index is -0.802. The maximum absolute atomic E-state index is 12.8. The highest BCUT2D eigenvalue weighted by Gasteiger charge is 2.19. The standard InChI is InChI=1S/C57H98O6/c1-4-7-10-13-16-19-22-24-26-28-30-32-35-38-41-44-47-50-56(59)62-53-54(52-61-55(58)49-46-43-40-37-34-21-18-15-12-9-6-3)63-57(60)51-48-45-42-39-36-33-31-29-27-25-23-20-17-14-11-8-5-2/h15-16,18-19,24-27,30,32,38,41,54H,4-14,17,20-23,28-29,31,33-37,39-40,42-53H2,1-3H3/b18-15-,19-16-,26-24-,27-25-,32-30-,41-38-/t54-/m0/s1. The Morgan fingerprint density at radius 1 is 0.317 bits per heavy atom. The molecule has 1 atom stereocenters. The fourth-order valence-electron chi connectivity index (χ4n) is 7.12. The van der Waals surface area contributed by atoms with Crippen LogP contribution in [0.3, 0.4) is 0 Å². The van der Waals surface area contributed by atoms with Crippen LogP contribution in [-0.4, -0.2) is 37.2 Å². The molecule has 0 unspecified atom stereocenters. The molecule has 0 spiro atoms. The molecule has 0 saturated heterocycles. The quantitative estimate of drug-likeness (QED) is 0.0262. The third-order valence-electron chi connectivity index (χ3n) is 11.2. The van der Waals surface area contributed by atoms with Gasteiger partial charge < -0.3 is 14.2 Å². The van der Waals surface area contributed by atoms with E-state index in [1.807, 2.05) is 0 Å².